The average Bonchev–Trinajstić information content (AvgIpc) is 2.73. The van der Waals surface area contributed by atoms with Crippen molar-refractivity contribution in [3.8, 4) is 0 Å². The third-order valence-corrected chi connectivity index (χ3v) is 3.62. The first-order chi connectivity index (χ1) is 8.65. The first kappa shape index (κ1) is 11.2. The van der Waals surface area contributed by atoms with Crippen LogP contribution in [0.5, 0.6) is 0 Å². The summed E-state index contributed by atoms with van der Waals surface area (Å²) in [7, 11) is 1.76. The Labute approximate surface area is 109 Å². The quantitative estimate of drug-likeness (QED) is 0.630. The monoisotopic (exact) mass is 259 g/mol. The lowest BCUT2D eigenvalue weighted by molar-refractivity contribution is 0.0974. The minimum Gasteiger partial charge on any atom is -0.343 e. The lowest BCUT2D eigenvalue weighted by atomic mass is 9.88. The molecule has 90 valence electrons. The average molecular weight is 260 g/mol. The number of rotatable bonds is 1. The van der Waals surface area contributed by atoms with Crippen LogP contribution < -0.4 is 0 Å². The number of hydrogen-bond donors (Lipinski definition) is 0. The molecule has 3 nitrogen and oxygen atoms in total. The van der Waals surface area contributed by atoms with Crippen molar-refractivity contribution in [2.24, 2.45) is 7.05 Å². The summed E-state index contributed by atoms with van der Waals surface area (Å²) < 4.78 is 1.71. The fourth-order valence-corrected chi connectivity index (χ4v) is 2.64. The maximum Gasteiger partial charge on any atom is 0.210 e. The lowest BCUT2D eigenvalue weighted by Gasteiger charge is -2.15. The third kappa shape index (κ3) is 1.31. The van der Waals surface area contributed by atoms with Crippen LogP contribution in [0.4, 0.5) is 0 Å². The van der Waals surface area contributed by atoms with Gasteiger partial charge in [0, 0.05) is 23.9 Å². The molecule has 0 saturated carbocycles. The van der Waals surface area contributed by atoms with E-state index in [1.807, 2.05) is 0 Å². The standard InChI is InChI=1S/C14H10ClNO2/c1-16-8(7-15)6-11-12(16)14(18)10-5-3-2-4-9(10)13(11)17/h2-6H,7H2,1H3. The Morgan fingerprint density at radius 3 is 2.28 bits per heavy atom. The zero-order valence-electron chi connectivity index (χ0n) is 9.74. The van der Waals surface area contributed by atoms with E-state index in [4.69, 9.17) is 11.6 Å². The van der Waals surface area contributed by atoms with Gasteiger partial charge in [-0.2, -0.15) is 0 Å². The molecule has 0 fully saturated rings. The normalized spacial score (nSPS) is 13.4. The Balaban J connectivity index is 2.32. The number of alkyl halides is 1. The Kier molecular flexibility index (Phi) is 2.38. The number of carbonyl (C=O) groups excluding carboxylic acids is 2. The fourth-order valence-electron chi connectivity index (χ4n) is 2.38. The Morgan fingerprint density at radius 1 is 1.06 bits per heavy atom. The van der Waals surface area contributed by atoms with Crippen molar-refractivity contribution in [1.29, 1.82) is 0 Å². The number of hydrogen-bond acceptors (Lipinski definition) is 2. The molecule has 1 aromatic carbocycles. The molecule has 0 unspecified atom stereocenters. The zero-order valence-corrected chi connectivity index (χ0v) is 10.5. The number of fused-ring (bicyclic) bond motifs is 2. The molecule has 1 heterocycles. The number of carbonyl (C=O) groups is 2. The van der Waals surface area contributed by atoms with Gasteiger partial charge in [0.25, 0.3) is 0 Å². The van der Waals surface area contributed by atoms with E-state index in [2.05, 4.69) is 0 Å². The molecule has 0 amide bonds. The molecular weight excluding hydrogens is 250 g/mol. The smallest absolute Gasteiger partial charge is 0.210 e. The van der Waals surface area contributed by atoms with Gasteiger partial charge in [0.2, 0.25) is 5.78 Å². The molecule has 0 radical (unpaired) electrons. The molecule has 3 rings (SSSR count). The number of halogens is 1. The van der Waals surface area contributed by atoms with Crippen molar-refractivity contribution in [3.63, 3.8) is 0 Å². The summed E-state index contributed by atoms with van der Waals surface area (Å²) in [6.45, 7) is 0. The Bertz CT molecular complexity index is 685. The van der Waals surface area contributed by atoms with Crippen LogP contribution in [0.15, 0.2) is 30.3 Å². The highest BCUT2D eigenvalue weighted by Gasteiger charge is 2.32. The number of aromatic nitrogens is 1. The summed E-state index contributed by atoms with van der Waals surface area (Å²) in [4.78, 5) is 24.7. The van der Waals surface area contributed by atoms with Crippen molar-refractivity contribution in [2.45, 2.75) is 5.88 Å². The fraction of sp³-hybridized carbons (Fsp3) is 0.143. The predicted octanol–water partition coefficient (Wildman–Crippen LogP) is 2.54. The van der Waals surface area contributed by atoms with Gasteiger partial charge in [-0.1, -0.05) is 24.3 Å². The second kappa shape index (κ2) is 3.82. The summed E-state index contributed by atoms with van der Waals surface area (Å²) in [6, 6.07) is 8.61. The van der Waals surface area contributed by atoms with Crippen molar-refractivity contribution in [1.82, 2.24) is 4.57 Å². The van der Waals surface area contributed by atoms with Gasteiger partial charge in [0.15, 0.2) is 5.78 Å². The molecule has 2 aromatic rings. The minimum absolute atomic E-state index is 0.104. The molecule has 0 bridgehead atoms. The van der Waals surface area contributed by atoms with Crippen LogP contribution in [-0.2, 0) is 12.9 Å². The van der Waals surface area contributed by atoms with Crippen LogP contribution in [0.1, 0.15) is 37.7 Å². The Hall–Kier alpha value is -1.87. The SMILES string of the molecule is Cn1c(CCl)cc2c1C(=O)c1ccccc1C2=O. The molecule has 0 spiro atoms. The van der Waals surface area contributed by atoms with Crippen LogP contribution >= 0.6 is 11.6 Å². The van der Waals surface area contributed by atoms with E-state index in [-0.39, 0.29) is 17.4 Å². The summed E-state index contributed by atoms with van der Waals surface area (Å²) in [6.07, 6.45) is 0. The molecular formula is C14H10ClNO2. The van der Waals surface area contributed by atoms with Crippen molar-refractivity contribution >= 4 is 23.2 Å². The molecule has 4 heteroatoms. The Morgan fingerprint density at radius 2 is 1.67 bits per heavy atom. The lowest BCUT2D eigenvalue weighted by Crippen LogP contribution is -2.22. The van der Waals surface area contributed by atoms with E-state index >= 15 is 0 Å². The van der Waals surface area contributed by atoms with Gasteiger partial charge in [-0.15, -0.1) is 11.6 Å². The first-order valence-electron chi connectivity index (χ1n) is 5.58. The highest BCUT2D eigenvalue weighted by atomic mass is 35.5. The van der Waals surface area contributed by atoms with Crippen LogP contribution in [0.2, 0.25) is 0 Å². The van der Waals surface area contributed by atoms with E-state index in [1.165, 1.54) is 0 Å². The van der Waals surface area contributed by atoms with Crippen LogP contribution in [0.25, 0.3) is 0 Å². The molecule has 1 aliphatic carbocycles. The van der Waals surface area contributed by atoms with Crippen LogP contribution in [0, 0.1) is 0 Å². The molecule has 1 aliphatic rings. The topological polar surface area (TPSA) is 39.1 Å². The summed E-state index contributed by atoms with van der Waals surface area (Å²) in [5, 5.41) is 0. The number of nitrogens with zero attached hydrogens (tertiary/aromatic N) is 1. The molecule has 0 N–H and O–H groups in total. The first-order valence-corrected chi connectivity index (χ1v) is 6.11. The maximum absolute atomic E-state index is 12.4. The van der Waals surface area contributed by atoms with Crippen LogP contribution in [-0.4, -0.2) is 16.1 Å². The summed E-state index contributed by atoms with van der Waals surface area (Å²) >= 11 is 5.82. The van der Waals surface area contributed by atoms with Gasteiger partial charge in [0.05, 0.1) is 11.4 Å². The minimum atomic E-state index is -0.112. The highest BCUT2D eigenvalue weighted by molar-refractivity contribution is 6.28. The maximum atomic E-state index is 12.4. The van der Waals surface area contributed by atoms with E-state index < -0.39 is 0 Å². The van der Waals surface area contributed by atoms with Gasteiger partial charge in [-0.3, -0.25) is 9.59 Å². The van der Waals surface area contributed by atoms with Gasteiger partial charge >= 0.3 is 0 Å². The van der Waals surface area contributed by atoms with Crippen molar-refractivity contribution in [3.05, 3.63) is 58.4 Å². The van der Waals surface area contributed by atoms with E-state index in [1.54, 1.807) is 41.9 Å². The van der Waals surface area contributed by atoms with E-state index in [0.717, 1.165) is 5.69 Å². The number of benzene rings is 1. The summed E-state index contributed by atoms with van der Waals surface area (Å²) in [5.74, 6) is 0.0617. The highest BCUT2D eigenvalue weighted by Crippen LogP contribution is 2.29. The molecule has 0 aliphatic heterocycles. The van der Waals surface area contributed by atoms with Gasteiger partial charge < -0.3 is 4.57 Å². The summed E-state index contributed by atoms with van der Waals surface area (Å²) in [5.41, 5.74) is 2.61. The van der Waals surface area contributed by atoms with E-state index in [0.29, 0.717) is 22.4 Å². The molecule has 0 saturated heterocycles. The van der Waals surface area contributed by atoms with Gasteiger partial charge in [-0.05, 0) is 6.07 Å². The second-order valence-electron chi connectivity index (χ2n) is 4.29. The van der Waals surface area contributed by atoms with Crippen LogP contribution in [0.3, 0.4) is 0 Å². The third-order valence-electron chi connectivity index (χ3n) is 3.35. The molecule has 1 aromatic heterocycles. The van der Waals surface area contributed by atoms with Crippen molar-refractivity contribution < 1.29 is 9.59 Å². The number of ketones is 2. The molecule has 0 atom stereocenters. The van der Waals surface area contributed by atoms with Gasteiger partial charge in [-0.25, -0.2) is 0 Å². The zero-order chi connectivity index (χ0) is 12.9. The van der Waals surface area contributed by atoms with E-state index in [9.17, 15) is 9.59 Å². The predicted molar refractivity (Wildman–Crippen MR) is 68.3 cm³/mol. The second-order valence-corrected chi connectivity index (χ2v) is 4.56. The molecule has 18 heavy (non-hydrogen) atoms. The largest absolute Gasteiger partial charge is 0.343 e. The van der Waals surface area contributed by atoms with Gasteiger partial charge in [0.1, 0.15) is 5.69 Å². The van der Waals surface area contributed by atoms with Crippen molar-refractivity contribution in [2.75, 3.05) is 0 Å².